The number of anilines is 1. The van der Waals surface area contributed by atoms with E-state index in [2.05, 4.69) is 48.1 Å². The van der Waals surface area contributed by atoms with Crippen LogP contribution < -0.4 is 10.2 Å². The topological polar surface area (TPSA) is 37.4 Å². The van der Waals surface area contributed by atoms with Crippen molar-refractivity contribution in [1.29, 1.82) is 0 Å². The molecule has 1 aliphatic rings. The Bertz CT molecular complexity index is 407. The predicted octanol–water partition coefficient (Wildman–Crippen LogP) is 3.15. The van der Waals surface area contributed by atoms with Crippen LogP contribution in [0, 0.1) is 0 Å². The fraction of sp³-hybridized carbons (Fsp3) is 0.706. The summed E-state index contributed by atoms with van der Waals surface area (Å²) in [5.74, 6) is 0. The first-order valence-electron chi connectivity index (χ1n) is 8.30. The van der Waals surface area contributed by atoms with E-state index in [0.717, 1.165) is 38.4 Å². The normalized spacial score (nSPS) is 20.5. The molecule has 1 fully saturated rings. The van der Waals surface area contributed by atoms with Gasteiger partial charge in [-0.15, -0.1) is 0 Å². The number of piperidine rings is 1. The van der Waals surface area contributed by atoms with Gasteiger partial charge in [0.2, 0.25) is 0 Å². The molecule has 1 aromatic heterocycles. The van der Waals surface area contributed by atoms with Crippen molar-refractivity contribution in [1.82, 2.24) is 10.3 Å². The molecular weight excluding hydrogens is 262 g/mol. The van der Waals surface area contributed by atoms with Crippen molar-refractivity contribution < 1.29 is 4.74 Å². The number of hydrogen-bond acceptors (Lipinski definition) is 4. The first-order chi connectivity index (χ1) is 10.2. The first-order valence-corrected chi connectivity index (χ1v) is 8.30. The molecule has 1 aromatic rings. The van der Waals surface area contributed by atoms with Gasteiger partial charge in [-0.05, 0) is 44.9 Å². The highest BCUT2D eigenvalue weighted by Crippen LogP contribution is 2.22. The lowest BCUT2D eigenvalue weighted by atomic mass is 10.1. The molecular formula is C17H29N3O. The first kappa shape index (κ1) is 16.2. The van der Waals surface area contributed by atoms with Gasteiger partial charge < -0.3 is 15.0 Å². The molecule has 0 amide bonds. The summed E-state index contributed by atoms with van der Waals surface area (Å²) in [6, 6.07) is 4.64. The molecule has 2 rings (SSSR count). The minimum absolute atomic E-state index is 0.311. The van der Waals surface area contributed by atoms with Crippen LogP contribution in [-0.4, -0.2) is 37.3 Å². The van der Waals surface area contributed by atoms with Gasteiger partial charge in [0.25, 0.3) is 0 Å². The third kappa shape index (κ3) is 4.68. The van der Waals surface area contributed by atoms with Gasteiger partial charge in [-0.25, -0.2) is 0 Å². The number of hydrogen-bond donors (Lipinski definition) is 1. The van der Waals surface area contributed by atoms with Crippen LogP contribution in [0.25, 0.3) is 0 Å². The standard InChI is InChI=1S/C17H29N3O/c1-4-11-21-16-7-6-10-20(13-16)15-8-9-17(19-12-15)14(3)18-5-2/h8-9,12,14,16,18H,4-7,10-11,13H2,1-3H3. The molecule has 1 saturated heterocycles. The maximum Gasteiger partial charge on any atom is 0.0750 e. The molecule has 0 aromatic carbocycles. The summed E-state index contributed by atoms with van der Waals surface area (Å²) in [5, 5.41) is 3.39. The van der Waals surface area contributed by atoms with E-state index in [9.17, 15) is 0 Å². The Morgan fingerprint density at radius 1 is 1.43 bits per heavy atom. The Labute approximate surface area is 128 Å². The maximum atomic E-state index is 5.91. The summed E-state index contributed by atoms with van der Waals surface area (Å²) in [4.78, 5) is 7.02. The SMILES string of the molecule is CCCOC1CCCN(c2ccc(C(C)NCC)nc2)C1. The largest absolute Gasteiger partial charge is 0.376 e. The minimum Gasteiger partial charge on any atom is -0.376 e. The smallest absolute Gasteiger partial charge is 0.0750 e. The van der Waals surface area contributed by atoms with Crippen molar-refractivity contribution in [2.45, 2.75) is 52.2 Å². The molecule has 21 heavy (non-hydrogen) atoms. The quantitative estimate of drug-likeness (QED) is 0.837. The van der Waals surface area contributed by atoms with E-state index < -0.39 is 0 Å². The number of nitrogens with zero attached hydrogens (tertiary/aromatic N) is 2. The summed E-state index contributed by atoms with van der Waals surface area (Å²) in [6.45, 7) is 10.4. The molecule has 2 unspecified atom stereocenters. The van der Waals surface area contributed by atoms with Gasteiger partial charge in [0.05, 0.1) is 23.7 Å². The number of rotatable bonds is 7. The van der Waals surface area contributed by atoms with E-state index in [1.807, 2.05) is 6.20 Å². The van der Waals surface area contributed by atoms with Gasteiger partial charge in [0.15, 0.2) is 0 Å². The van der Waals surface area contributed by atoms with Gasteiger partial charge in [-0.3, -0.25) is 4.98 Å². The summed E-state index contributed by atoms with van der Waals surface area (Å²) < 4.78 is 5.91. The van der Waals surface area contributed by atoms with Crippen LogP contribution >= 0.6 is 0 Å². The minimum atomic E-state index is 0.311. The highest BCUT2D eigenvalue weighted by atomic mass is 16.5. The van der Waals surface area contributed by atoms with E-state index in [-0.39, 0.29) is 0 Å². The summed E-state index contributed by atoms with van der Waals surface area (Å²) in [6.07, 6.45) is 5.85. The third-order valence-corrected chi connectivity index (χ3v) is 4.03. The Hall–Kier alpha value is -1.13. The van der Waals surface area contributed by atoms with E-state index in [0.29, 0.717) is 12.1 Å². The maximum absolute atomic E-state index is 5.91. The predicted molar refractivity (Wildman–Crippen MR) is 87.8 cm³/mol. The fourth-order valence-corrected chi connectivity index (χ4v) is 2.84. The van der Waals surface area contributed by atoms with Crippen LogP contribution in [0.4, 0.5) is 5.69 Å². The van der Waals surface area contributed by atoms with Crippen LogP contribution in [0.3, 0.4) is 0 Å². The summed E-state index contributed by atoms with van der Waals surface area (Å²) in [7, 11) is 0. The van der Waals surface area contributed by atoms with Gasteiger partial charge >= 0.3 is 0 Å². The van der Waals surface area contributed by atoms with Crippen LogP contribution in [0.1, 0.15) is 51.8 Å². The number of aromatic nitrogens is 1. The Morgan fingerprint density at radius 3 is 2.95 bits per heavy atom. The van der Waals surface area contributed by atoms with Crippen molar-refractivity contribution in [2.24, 2.45) is 0 Å². The average Bonchev–Trinajstić information content (AvgIpc) is 2.53. The van der Waals surface area contributed by atoms with Crippen molar-refractivity contribution in [3.8, 4) is 0 Å². The van der Waals surface area contributed by atoms with Crippen LogP contribution in [0.5, 0.6) is 0 Å². The lowest BCUT2D eigenvalue weighted by Crippen LogP contribution is -2.39. The zero-order valence-corrected chi connectivity index (χ0v) is 13.6. The summed E-state index contributed by atoms with van der Waals surface area (Å²) >= 11 is 0. The summed E-state index contributed by atoms with van der Waals surface area (Å²) in [5.41, 5.74) is 2.32. The molecule has 0 spiro atoms. The number of ether oxygens (including phenoxy) is 1. The molecule has 0 saturated carbocycles. The monoisotopic (exact) mass is 291 g/mol. The molecule has 118 valence electrons. The van der Waals surface area contributed by atoms with E-state index >= 15 is 0 Å². The second-order valence-electron chi connectivity index (χ2n) is 5.80. The van der Waals surface area contributed by atoms with Crippen LogP contribution in [0.2, 0.25) is 0 Å². The van der Waals surface area contributed by atoms with Crippen molar-refractivity contribution in [3.63, 3.8) is 0 Å². The molecule has 1 N–H and O–H groups in total. The number of nitrogens with one attached hydrogen (secondary N) is 1. The lowest BCUT2D eigenvalue weighted by Gasteiger charge is -2.34. The highest BCUT2D eigenvalue weighted by molar-refractivity contribution is 5.45. The van der Waals surface area contributed by atoms with Gasteiger partial charge in [-0.2, -0.15) is 0 Å². The molecule has 4 nitrogen and oxygen atoms in total. The lowest BCUT2D eigenvalue weighted by molar-refractivity contribution is 0.0440. The molecule has 0 bridgehead atoms. The van der Waals surface area contributed by atoms with Crippen LogP contribution in [-0.2, 0) is 4.74 Å². The zero-order chi connectivity index (χ0) is 15.1. The van der Waals surface area contributed by atoms with Gasteiger partial charge in [0, 0.05) is 25.7 Å². The Balaban J connectivity index is 1.94. The highest BCUT2D eigenvalue weighted by Gasteiger charge is 2.20. The van der Waals surface area contributed by atoms with E-state index in [1.54, 1.807) is 0 Å². The molecule has 1 aliphatic heterocycles. The number of pyridine rings is 1. The zero-order valence-electron chi connectivity index (χ0n) is 13.6. The Morgan fingerprint density at radius 2 is 2.29 bits per heavy atom. The van der Waals surface area contributed by atoms with E-state index in [4.69, 9.17) is 4.74 Å². The molecule has 4 heteroatoms. The van der Waals surface area contributed by atoms with Gasteiger partial charge in [-0.1, -0.05) is 13.8 Å². The van der Waals surface area contributed by atoms with Crippen molar-refractivity contribution in [2.75, 3.05) is 31.1 Å². The molecule has 2 heterocycles. The molecule has 0 radical (unpaired) electrons. The van der Waals surface area contributed by atoms with Crippen molar-refractivity contribution in [3.05, 3.63) is 24.0 Å². The van der Waals surface area contributed by atoms with Gasteiger partial charge in [0.1, 0.15) is 0 Å². The second kappa shape index (κ2) is 8.35. The Kier molecular flexibility index (Phi) is 6.46. The van der Waals surface area contributed by atoms with E-state index in [1.165, 1.54) is 18.5 Å². The molecule has 2 atom stereocenters. The second-order valence-corrected chi connectivity index (χ2v) is 5.80. The molecule has 0 aliphatic carbocycles. The van der Waals surface area contributed by atoms with Crippen LogP contribution in [0.15, 0.2) is 18.3 Å². The average molecular weight is 291 g/mol. The van der Waals surface area contributed by atoms with Crippen molar-refractivity contribution >= 4 is 5.69 Å². The third-order valence-electron chi connectivity index (χ3n) is 4.03. The fourth-order valence-electron chi connectivity index (χ4n) is 2.84.